The summed E-state index contributed by atoms with van der Waals surface area (Å²) in [6.45, 7) is 1.18. The molecule has 0 saturated heterocycles. The lowest BCUT2D eigenvalue weighted by molar-refractivity contribution is 0.0951. The molecular weight excluding hydrogens is 324 g/mol. The van der Waals surface area contributed by atoms with E-state index in [0.717, 1.165) is 12.5 Å². The monoisotopic (exact) mass is 337 g/mol. The van der Waals surface area contributed by atoms with Crippen molar-refractivity contribution in [1.29, 1.82) is 5.26 Å². The Balaban J connectivity index is 2.09. The predicted octanol–water partition coefficient (Wildman–Crippen LogP) is 3.59. The molecule has 124 valence electrons. The van der Waals surface area contributed by atoms with Crippen molar-refractivity contribution < 1.29 is 13.6 Å². The number of aromatic nitrogens is 1. The molecule has 1 aromatic heterocycles. The molecule has 0 radical (unpaired) electrons. The Labute approximate surface area is 142 Å². The van der Waals surface area contributed by atoms with Crippen LogP contribution in [0.15, 0.2) is 36.4 Å². The van der Waals surface area contributed by atoms with Gasteiger partial charge in [0, 0.05) is 30.1 Å². The van der Waals surface area contributed by atoms with Gasteiger partial charge in [0.25, 0.3) is 5.91 Å². The summed E-state index contributed by atoms with van der Waals surface area (Å²) in [5, 5.41) is 12.8. The van der Waals surface area contributed by atoms with Gasteiger partial charge in [-0.15, -0.1) is 0 Å². The number of benzene rings is 2. The number of nitrogens with zero attached hydrogens (tertiary/aromatic N) is 2. The van der Waals surface area contributed by atoms with Crippen LogP contribution >= 0.6 is 0 Å². The number of hydrogen-bond acceptors (Lipinski definition) is 2. The van der Waals surface area contributed by atoms with Crippen LogP contribution in [0.3, 0.4) is 0 Å². The van der Waals surface area contributed by atoms with E-state index >= 15 is 0 Å². The van der Waals surface area contributed by atoms with Crippen molar-refractivity contribution in [2.75, 3.05) is 6.54 Å². The van der Waals surface area contributed by atoms with Crippen molar-refractivity contribution in [2.24, 2.45) is 0 Å². The molecule has 0 aliphatic carbocycles. The normalized spacial score (nSPS) is 13.9. The summed E-state index contributed by atoms with van der Waals surface area (Å²) in [7, 11) is 0. The lowest BCUT2D eigenvalue weighted by Crippen LogP contribution is -2.22. The second-order valence-corrected chi connectivity index (χ2v) is 6.02. The van der Waals surface area contributed by atoms with Crippen LogP contribution in [-0.2, 0) is 6.54 Å². The van der Waals surface area contributed by atoms with Gasteiger partial charge in [-0.25, -0.2) is 8.78 Å². The molecule has 1 aliphatic heterocycles. The zero-order valence-corrected chi connectivity index (χ0v) is 13.1. The molecule has 0 fully saturated rings. The summed E-state index contributed by atoms with van der Waals surface area (Å²) >= 11 is 0. The van der Waals surface area contributed by atoms with Crippen LogP contribution < -0.4 is 5.32 Å². The molecule has 4 rings (SSSR count). The molecule has 3 aromatic rings. The summed E-state index contributed by atoms with van der Waals surface area (Å²) in [5.74, 6) is -1.57. The third-order valence-electron chi connectivity index (χ3n) is 4.37. The topological polar surface area (TPSA) is 57.8 Å². The third kappa shape index (κ3) is 2.54. The average Bonchev–Trinajstić information content (AvgIpc) is 2.85. The molecule has 4 nitrogen and oxygen atoms in total. The van der Waals surface area contributed by atoms with Crippen molar-refractivity contribution in [3.05, 3.63) is 59.3 Å². The van der Waals surface area contributed by atoms with E-state index in [1.54, 1.807) is 18.2 Å². The van der Waals surface area contributed by atoms with E-state index in [1.165, 1.54) is 12.1 Å². The number of hydrogen-bond donors (Lipinski definition) is 1. The van der Waals surface area contributed by atoms with Gasteiger partial charge in [-0.2, -0.15) is 5.26 Å². The lowest BCUT2D eigenvalue weighted by atomic mass is 10.00. The number of rotatable bonds is 1. The summed E-state index contributed by atoms with van der Waals surface area (Å²) in [4.78, 5) is 12.3. The molecule has 2 aromatic carbocycles. The Morgan fingerprint density at radius 1 is 1.08 bits per heavy atom. The number of nitrogens with one attached hydrogen (secondary N) is 1. The highest BCUT2D eigenvalue weighted by Crippen LogP contribution is 2.34. The van der Waals surface area contributed by atoms with E-state index in [-0.39, 0.29) is 5.91 Å². The van der Waals surface area contributed by atoms with E-state index in [0.29, 0.717) is 46.4 Å². The summed E-state index contributed by atoms with van der Waals surface area (Å²) < 4.78 is 29.3. The Morgan fingerprint density at radius 2 is 1.84 bits per heavy atom. The minimum atomic E-state index is -0.689. The summed E-state index contributed by atoms with van der Waals surface area (Å²) in [6, 6.07) is 10.3. The van der Waals surface area contributed by atoms with Gasteiger partial charge in [-0.05, 0) is 42.3 Å². The van der Waals surface area contributed by atoms with E-state index in [4.69, 9.17) is 0 Å². The van der Waals surface area contributed by atoms with Crippen LogP contribution in [0.25, 0.3) is 22.0 Å². The number of amides is 1. The first-order valence-corrected chi connectivity index (χ1v) is 7.89. The van der Waals surface area contributed by atoms with Gasteiger partial charge >= 0.3 is 0 Å². The summed E-state index contributed by atoms with van der Waals surface area (Å²) in [6.07, 6.45) is 0.749. The highest BCUT2D eigenvalue weighted by atomic mass is 19.1. The molecular formula is C19H13F2N3O. The maximum absolute atomic E-state index is 13.7. The van der Waals surface area contributed by atoms with Crippen LogP contribution in [0.4, 0.5) is 8.78 Å². The summed E-state index contributed by atoms with van der Waals surface area (Å²) in [5.41, 5.74) is 2.43. The van der Waals surface area contributed by atoms with Crippen molar-refractivity contribution in [3.8, 4) is 17.2 Å². The van der Waals surface area contributed by atoms with Gasteiger partial charge in [0.1, 0.15) is 17.3 Å². The largest absolute Gasteiger partial charge is 0.351 e. The minimum absolute atomic E-state index is 0.191. The van der Waals surface area contributed by atoms with Crippen LogP contribution in [-0.4, -0.2) is 17.0 Å². The molecule has 1 aliphatic rings. The van der Waals surface area contributed by atoms with Crippen molar-refractivity contribution in [1.82, 2.24) is 9.88 Å². The number of aryl methyl sites for hydroxylation is 1. The van der Waals surface area contributed by atoms with Crippen LogP contribution in [0.2, 0.25) is 0 Å². The second-order valence-electron chi connectivity index (χ2n) is 6.02. The van der Waals surface area contributed by atoms with Gasteiger partial charge in [-0.1, -0.05) is 0 Å². The molecule has 2 heterocycles. The molecule has 0 atom stereocenters. The van der Waals surface area contributed by atoms with E-state index in [9.17, 15) is 18.8 Å². The fourth-order valence-electron chi connectivity index (χ4n) is 3.36. The van der Waals surface area contributed by atoms with Crippen LogP contribution in [0.1, 0.15) is 22.5 Å². The standard InChI is InChI=1S/C19H13F2N3O/c20-14-6-12(7-15(21)9-14)16-5-11(10-22)4-13-8-17-19(25)23-2-1-3-24(17)18(13)16/h4-9H,1-3H2,(H,23,25). The molecule has 1 amide bonds. The Hall–Kier alpha value is -3.20. The van der Waals surface area contributed by atoms with Crippen molar-refractivity contribution in [2.45, 2.75) is 13.0 Å². The van der Waals surface area contributed by atoms with Gasteiger partial charge in [0.15, 0.2) is 0 Å². The highest BCUT2D eigenvalue weighted by molar-refractivity contribution is 6.03. The van der Waals surface area contributed by atoms with E-state index in [1.807, 2.05) is 4.57 Å². The smallest absolute Gasteiger partial charge is 0.267 e. The zero-order valence-electron chi connectivity index (χ0n) is 13.1. The molecule has 0 saturated carbocycles. The van der Waals surface area contributed by atoms with Gasteiger partial charge < -0.3 is 9.88 Å². The molecule has 6 heteroatoms. The number of fused-ring (bicyclic) bond motifs is 3. The Kier molecular flexibility index (Phi) is 3.50. The Bertz CT molecular complexity index is 1040. The fourth-order valence-corrected chi connectivity index (χ4v) is 3.36. The molecule has 0 unspecified atom stereocenters. The molecule has 1 N–H and O–H groups in total. The first-order valence-electron chi connectivity index (χ1n) is 7.89. The van der Waals surface area contributed by atoms with Crippen LogP contribution in [0, 0.1) is 23.0 Å². The molecule has 25 heavy (non-hydrogen) atoms. The van der Waals surface area contributed by atoms with Crippen molar-refractivity contribution in [3.63, 3.8) is 0 Å². The van der Waals surface area contributed by atoms with E-state index in [2.05, 4.69) is 11.4 Å². The predicted molar refractivity (Wildman–Crippen MR) is 89.0 cm³/mol. The number of carbonyl (C=O) groups is 1. The lowest BCUT2D eigenvalue weighted by Gasteiger charge is -2.11. The van der Waals surface area contributed by atoms with Crippen LogP contribution in [0.5, 0.6) is 0 Å². The third-order valence-corrected chi connectivity index (χ3v) is 4.37. The first-order chi connectivity index (χ1) is 12.1. The van der Waals surface area contributed by atoms with Crippen molar-refractivity contribution >= 4 is 16.8 Å². The maximum atomic E-state index is 13.7. The maximum Gasteiger partial charge on any atom is 0.267 e. The zero-order chi connectivity index (χ0) is 17.6. The van der Waals surface area contributed by atoms with Gasteiger partial charge in [0.2, 0.25) is 0 Å². The Morgan fingerprint density at radius 3 is 2.56 bits per heavy atom. The quantitative estimate of drug-likeness (QED) is 0.738. The average molecular weight is 337 g/mol. The molecule has 0 spiro atoms. The van der Waals surface area contributed by atoms with Gasteiger partial charge in [-0.3, -0.25) is 4.79 Å². The first kappa shape index (κ1) is 15.3. The SMILES string of the molecule is N#Cc1cc(-c2cc(F)cc(F)c2)c2c(c1)cc1n2CCCNC1=O. The second kappa shape index (κ2) is 5.71. The number of carbonyl (C=O) groups excluding carboxylic acids is 1. The van der Waals surface area contributed by atoms with E-state index < -0.39 is 11.6 Å². The highest BCUT2D eigenvalue weighted by Gasteiger charge is 2.21. The number of nitriles is 1. The van der Waals surface area contributed by atoms with Gasteiger partial charge in [0.05, 0.1) is 17.1 Å². The molecule has 0 bridgehead atoms. The fraction of sp³-hybridized carbons (Fsp3) is 0.158. The minimum Gasteiger partial charge on any atom is -0.351 e. The number of halogens is 2.